The van der Waals surface area contributed by atoms with Crippen LogP contribution in [-0.2, 0) is 6.54 Å². The summed E-state index contributed by atoms with van der Waals surface area (Å²) in [6.45, 7) is 0.342. The van der Waals surface area contributed by atoms with Gasteiger partial charge in [0.05, 0.1) is 44.9 Å². The molecule has 1 aromatic heterocycles. The number of guanidine groups is 1. The molecule has 0 atom stereocenters. The number of hydrogen-bond donors (Lipinski definition) is 2. The Morgan fingerprint density at radius 2 is 1.71 bits per heavy atom. The molecule has 8 heteroatoms. The van der Waals surface area contributed by atoms with Gasteiger partial charge < -0.3 is 25.3 Å². The minimum atomic E-state index is 0.255. The molecular formula is C20H23N5O3. The topological polar surface area (TPSA) is 95.9 Å². The predicted molar refractivity (Wildman–Crippen MR) is 109 cm³/mol. The first-order chi connectivity index (χ1) is 13.6. The Bertz CT molecular complexity index is 951. The van der Waals surface area contributed by atoms with Crippen LogP contribution in [0.15, 0.2) is 59.7 Å². The number of benzene rings is 2. The molecule has 0 unspecified atom stereocenters. The van der Waals surface area contributed by atoms with Crippen molar-refractivity contribution in [2.45, 2.75) is 6.54 Å². The zero-order valence-corrected chi connectivity index (χ0v) is 16.0. The van der Waals surface area contributed by atoms with Crippen molar-refractivity contribution in [1.82, 2.24) is 9.78 Å². The van der Waals surface area contributed by atoms with Crippen LogP contribution in [-0.4, -0.2) is 37.1 Å². The van der Waals surface area contributed by atoms with Gasteiger partial charge in [0.25, 0.3) is 0 Å². The summed E-state index contributed by atoms with van der Waals surface area (Å²) in [5.41, 5.74) is 8.41. The summed E-state index contributed by atoms with van der Waals surface area (Å²) < 4.78 is 17.5. The summed E-state index contributed by atoms with van der Waals surface area (Å²) >= 11 is 0. The van der Waals surface area contributed by atoms with Crippen molar-refractivity contribution in [3.63, 3.8) is 0 Å². The van der Waals surface area contributed by atoms with Gasteiger partial charge in [-0.1, -0.05) is 0 Å². The highest BCUT2D eigenvalue weighted by atomic mass is 16.5. The average Bonchev–Trinajstić information content (AvgIpc) is 3.21. The normalized spacial score (nSPS) is 11.2. The molecule has 8 nitrogen and oxygen atoms in total. The molecule has 28 heavy (non-hydrogen) atoms. The van der Waals surface area contributed by atoms with E-state index in [1.807, 2.05) is 42.6 Å². The number of ether oxygens (including phenoxy) is 3. The SMILES string of the molecule is COc1ccc(-n2ccc(CN=C(N)Nc3cc(OC)ccc3OC)n2)cc1. The number of rotatable bonds is 7. The van der Waals surface area contributed by atoms with Crippen molar-refractivity contribution < 1.29 is 14.2 Å². The third-order valence-corrected chi connectivity index (χ3v) is 4.06. The lowest BCUT2D eigenvalue weighted by Crippen LogP contribution is -2.23. The Labute approximate surface area is 163 Å². The van der Waals surface area contributed by atoms with Crippen LogP contribution in [0.1, 0.15) is 5.69 Å². The number of aliphatic imine (C=N–C) groups is 1. The molecule has 0 amide bonds. The Morgan fingerprint density at radius 1 is 1.00 bits per heavy atom. The van der Waals surface area contributed by atoms with Crippen molar-refractivity contribution in [2.24, 2.45) is 10.7 Å². The Morgan fingerprint density at radius 3 is 2.39 bits per heavy atom. The van der Waals surface area contributed by atoms with E-state index in [1.165, 1.54) is 0 Å². The van der Waals surface area contributed by atoms with E-state index in [4.69, 9.17) is 19.9 Å². The molecule has 3 rings (SSSR count). The molecule has 0 fully saturated rings. The van der Waals surface area contributed by atoms with Gasteiger partial charge in [-0.05, 0) is 42.5 Å². The second-order valence-electron chi connectivity index (χ2n) is 5.84. The van der Waals surface area contributed by atoms with Gasteiger partial charge in [0.1, 0.15) is 17.2 Å². The summed E-state index contributed by atoms with van der Waals surface area (Å²) in [5, 5.41) is 7.55. The zero-order chi connectivity index (χ0) is 19.9. The largest absolute Gasteiger partial charge is 0.497 e. The van der Waals surface area contributed by atoms with Gasteiger partial charge >= 0.3 is 0 Å². The molecule has 0 aliphatic carbocycles. The highest BCUT2D eigenvalue weighted by Crippen LogP contribution is 2.28. The number of nitrogens with two attached hydrogens (primary N) is 1. The second-order valence-corrected chi connectivity index (χ2v) is 5.84. The van der Waals surface area contributed by atoms with Crippen molar-refractivity contribution >= 4 is 11.6 Å². The standard InChI is InChI=1S/C20H23N5O3/c1-26-16-6-4-15(5-7-16)25-11-10-14(24-25)13-22-20(21)23-18-12-17(27-2)8-9-19(18)28-3/h4-12H,13H2,1-3H3,(H3,21,22,23). The molecule has 0 aliphatic heterocycles. The molecule has 0 radical (unpaired) electrons. The molecule has 2 aromatic carbocycles. The third kappa shape index (κ3) is 4.53. The first kappa shape index (κ1) is 19.1. The molecule has 146 valence electrons. The van der Waals surface area contributed by atoms with Crippen LogP contribution in [0, 0.1) is 0 Å². The number of methoxy groups -OCH3 is 3. The monoisotopic (exact) mass is 381 g/mol. The van der Waals surface area contributed by atoms with Crippen LogP contribution in [0.4, 0.5) is 5.69 Å². The number of aromatic nitrogens is 2. The van der Waals surface area contributed by atoms with Gasteiger partial charge in [-0.2, -0.15) is 5.10 Å². The van der Waals surface area contributed by atoms with E-state index in [2.05, 4.69) is 15.4 Å². The number of nitrogens with zero attached hydrogens (tertiary/aromatic N) is 3. The molecule has 0 bridgehead atoms. The van der Waals surface area contributed by atoms with Crippen LogP contribution >= 0.6 is 0 Å². The van der Waals surface area contributed by atoms with Crippen molar-refractivity contribution in [3.8, 4) is 22.9 Å². The maximum absolute atomic E-state index is 6.01. The van der Waals surface area contributed by atoms with E-state index < -0.39 is 0 Å². The molecular weight excluding hydrogens is 358 g/mol. The number of nitrogens with one attached hydrogen (secondary N) is 1. The van der Waals surface area contributed by atoms with E-state index in [1.54, 1.807) is 38.1 Å². The maximum Gasteiger partial charge on any atom is 0.193 e. The predicted octanol–water partition coefficient (Wildman–Crippen LogP) is 2.82. The van der Waals surface area contributed by atoms with Crippen LogP contribution < -0.4 is 25.3 Å². The van der Waals surface area contributed by atoms with E-state index in [0.717, 1.165) is 17.1 Å². The maximum atomic E-state index is 6.01. The molecule has 0 saturated heterocycles. The first-order valence-electron chi connectivity index (χ1n) is 8.61. The van der Waals surface area contributed by atoms with E-state index in [9.17, 15) is 0 Å². The van der Waals surface area contributed by atoms with Gasteiger partial charge in [0, 0.05) is 12.3 Å². The lowest BCUT2D eigenvalue weighted by atomic mass is 10.2. The van der Waals surface area contributed by atoms with Crippen molar-refractivity contribution in [3.05, 3.63) is 60.4 Å². The van der Waals surface area contributed by atoms with Crippen LogP contribution in [0.2, 0.25) is 0 Å². The quantitative estimate of drug-likeness (QED) is 0.483. The highest BCUT2D eigenvalue weighted by Gasteiger charge is 2.07. The number of hydrogen-bond acceptors (Lipinski definition) is 5. The summed E-state index contributed by atoms with van der Waals surface area (Å²) in [7, 11) is 4.83. The molecule has 1 heterocycles. The van der Waals surface area contributed by atoms with Crippen LogP contribution in [0.25, 0.3) is 5.69 Å². The Balaban J connectivity index is 1.67. The lowest BCUT2D eigenvalue weighted by Gasteiger charge is -2.12. The summed E-state index contributed by atoms with van der Waals surface area (Å²) in [5.74, 6) is 2.38. The van der Waals surface area contributed by atoms with Gasteiger partial charge in [0.2, 0.25) is 0 Å². The minimum absolute atomic E-state index is 0.255. The zero-order valence-electron chi connectivity index (χ0n) is 16.0. The summed E-state index contributed by atoms with van der Waals surface area (Å²) in [4.78, 5) is 4.35. The second kappa shape index (κ2) is 8.81. The van der Waals surface area contributed by atoms with Crippen LogP contribution in [0.3, 0.4) is 0 Å². The fourth-order valence-corrected chi connectivity index (χ4v) is 2.58. The molecule has 0 saturated carbocycles. The van der Waals surface area contributed by atoms with Gasteiger partial charge in [0.15, 0.2) is 5.96 Å². The minimum Gasteiger partial charge on any atom is -0.497 e. The molecule has 0 aliphatic rings. The first-order valence-corrected chi connectivity index (χ1v) is 8.61. The van der Waals surface area contributed by atoms with E-state index in [-0.39, 0.29) is 5.96 Å². The van der Waals surface area contributed by atoms with Crippen molar-refractivity contribution in [1.29, 1.82) is 0 Å². The summed E-state index contributed by atoms with van der Waals surface area (Å²) in [6.07, 6.45) is 1.88. The Hall–Kier alpha value is -3.68. The van der Waals surface area contributed by atoms with Gasteiger partial charge in [-0.15, -0.1) is 0 Å². The van der Waals surface area contributed by atoms with Gasteiger partial charge in [-0.3, -0.25) is 0 Å². The molecule has 0 spiro atoms. The van der Waals surface area contributed by atoms with Crippen LogP contribution in [0.5, 0.6) is 17.2 Å². The lowest BCUT2D eigenvalue weighted by molar-refractivity contribution is 0.405. The van der Waals surface area contributed by atoms with E-state index >= 15 is 0 Å². The Kier molecular flexibility index (Phi) is 6.01. The molecule has 3 aromatic rings. The van der Waals surface area contributed by atoms with Crippen molar-refractivity contribution in [2.75, 3.05) is 26.6 Å². The smallest absolute Gasteiger partial charge is 0.193 e. The number of anilines is 1. The fourth-order valence-electron chi connectivity index (χ4n) is 2.58. The summed E-state index contributed by atoms with van der Waals surface area (Å²) in [6, 6.07) is 14.9. The highest BCUT2D eigenvalue weighted by molar-refractivity contribution is 5.93. The fraction of sp³-hybridized carbons (Fsp3) is 0.200. The molecule has 3 N–H and O–H groups in total. The van der Waals surface area contributed by atoms with Gasteiger partial charge in [-0.25, -0.2) is 9.67 Å². The average molecular weight is 381 g/mol. The van der Waals surface area contributed by atoms with E-state index in [0.29, 0.717) is 23.7 Å². The third-order valence-electron chi connectivity index (χ3n) is 4.06.